The van der Waals surface area contributed by atoms with Crippen molar-refractivity contribution in [1.82, 2.24) is 10.2 Å². The van der Waals surface area contributed by atoms with E-state index in [1.54, 1.807) is 4.90 Å². The Balaban J connectivity index is 1.90. The third-order valence-electron chi connectivity index (χ3n) is 3.75. The van der Waals surface area contributed by atoms with Gasteiger partial charge in [-0.3, -0.25) is 9.59 Å². The van der Waals surface area contributed by atoms with Gasteiger partial charge in [-0.1, -0.05) is 30.3 Å². The van der Waals surface area contributed by atoms with E-state index in [1.165, 1.54) is 0 Å². The van der Waals surface area contributed by atoms with Gasteiger partial charge in [-0.15, -0.1) is 0 Å². The Hall–Kier alpha value is -1.84. The standard InChI is InChI=1S/C14H16N2O2/c17-13-11-8-4-5-9-16(11)14(18)12(15-13)10-6-2-1-3-7-10/h1-3,6-7,11-12H,4-5,8-9H2,(H,15,17)/t11-,12+/m1/s1. The zero-order chi connectivity index (χ0) is 12.5. The van der Waals surface area contributed by atoms with Gasteiger partial charge in [-0.25, -0.2) is 0 Å². The zero-order valence-electron chi connectivity index (χ0n) is 10.1. The molecular formula is C14H16N2O2. The smallest absolute Gasteiger partial charge is 0.250 e. The summed E-state index contributed by atoms with van der Waals surface area (Å²) in [5.74, 6) is 0.0219. The lowest BCUT2D eigenvalue weighted by Crippen LogP contribution is -2.60. The van der Waals surface area contributed by atoms with Crippen molar-refractivity contribution in [1.29, 1.82) is 0 Å². The van der Waals surface area contributed by atoms with Crippen LogP contribution in [0.15, 0.2) is 30.3 Å². The first kappa shape index (κ1) is 11.3. The minimum atomic E-state index is -0.506. The minimum absolute atomic E-state index is 0.0110. The second-order valence-electron chi connectivity index (χ2n) is 4.90. The van der Waals surface area contributed by atoms with Crippen LogP contribution in [0, 0.1) is 0 Å². The van der Waals surface area contributed by atoms with E-state index in [1.807, 2.05) is 30.3 Å². The molecule has 2 saturated heterocycles. The van der Waals surface area contributed by atoms with Gasteiger partial charge in [0.15, 0.2) is 0 Å². The van der Waals surface area contributed by atoms with Crippen molar-refractivity contribution in [3.63, 3.8) is 0 Å². The van der Waals surface area contributed by atoms with E-state index in [-0.39, 0.29) is 17.9 Å². The molecule has 2 heterocycles. The molecule has 0 unspecified atom stereocenters. The number of benzene rings is 1. The SMILES string of the molecule is O=C1N[C@@H](c2ccccc2)C(=O)N2CCCC[C@H]12. The highest BCUT2D eigenvalue weighted by Crippen LogP contribution is 2.27. The van der Waals surface area contributed by atoms with Crippen LogP contribution in [0.1, 0.15) is 30.9 Å². The van der Waals surface area contributed by atoms with E-state index >= 15 is 0 Å². The fourth-order valence-corrected chi connectivity index (χ4v) is 2.81. The van der Waals surface area contributed by atoms with Crippen LogP contribution in [-0.4, -0.2) is 29.3 Å². The Morgan fingerprint density at radius 3 is 2.67 bits per heavy atom. The molecule has 2 amide bonds. The van der Waals surface area contributed by atoms with Gasteiger partial charge in [0, 0.05) is 6.54 Å². The summed E-state index contributed by atoms with van der Waals surface area (Å²) in [6, 6.07) is 8.69. The molecule has 0 radical (unpaired) electrons. The minimum Gasteiger partial charge on any atom is -0.339 e. The Morgan fingerprint density at radius 2 is 1.89 bits per heavy atom. The van der Waals surface area contributed by atoms with E-state index < -0.39 is 6.04 Å². The van der Waals surface area contributed by atoms with E-state index in [0.29, 0.717) is 6.54 Å². The highest BCUT2D eigenvalue weighted by molar-refractivity contribution is 5.97. The average molecular weight is 244 g/mol. The third-order valence-corrected chi connectivity index (χ3v) is 3.75. The van der Waals surface area contributed by atoms with Crippen LogP contribution in [0.2, 0.25) is 0 Å². The van der Waals surface area contributed by atoms with Gasteiger partial charge in [0.2, 0.25) is 11.8 Å². The Kier molecular flexibility index (Phi) is 2.78. The summed E-state index contributed by atoms with van der Waals surface area (Å²) in [5.41, 5.74) is 0.861. The summed E-state index contributed by atoms with van der Waals surface area (Å²) in [6.45, 7) is 0.709. The molecule has 2 aliphatic heterocycles. The number of hydrogen-bond acceptors (Lipinski definition) is 2. The average Bonchev–Trinajstić information content (AvgIpc) is 2.44. The Labute approximate surface area is 106 Å². The van der Waals surface area contributed by atoms with E-state index in [4.69, 9.17) is 0 Å². The molecule has 0 aliphatic carbocycles. The normalized spacial score (nSPS) is 27.7. The number of carbonyl (C=O) groups is 2. The van der Waals surface area contributed by atoms with Crippen LogP contribution in [-0.2, 0) is 9.59 Å². The monoisotopic (exact) mass is 244 g/mol. The van der Waals surface area contributed by atoms with E-state index in [2.05, 4.69) is 5.32 Å². The lowest BCUT2D eigenvalue weighted by atomic mass is 9.94. The molecule has 1 aromatic rings. The fraction of sp³-hybridized carbons (Fsp3) is 0.429. The van der Waals surface area contributed by atoms with Crippen molar-refractivity contribution in [2.75, 3.05) is 6.54 Å². The largest absolute Gasteiger partial charge is 0.339 e. The number of fused-ring (bicyclic) bond motifs is 1. The van der Waals surface area contributed by atoms with E-state index in [0.717, 1.165) is 24.8 Å². The van der Waals surface area contributed by atoms with Gasteiger partial charge in [-0.2, -0.15) is 0 Å². The highest BCUT2D eigenvalue weighted by Gasteiger charge is 2.41. The summed E-state index contributed by atoms with van der Waals surface area (Å²) in [6.07, 6.45) is 2.81. The molecular weight excluding hydrogens is 228 g/mol. The summed E-state index contributed by atoms with van der Waals surface area (Å²) in [7, 11) is 0. The molecule has 1 aromatic carbocycles. The molecule has 2 fully saturated rings. The van der Waals surface area contributed by atoms with Crippen LogP contribution >= 0.6 is 0 Å². The quantitative estimate of drug-likeness (QED) is 0.808. The number of carbonyl (C=O) groups excluding carboxylic acids is 2. The second kappa shape index (κ2) is 4.44. The van der Waals surface area contributed by atoms with Gasteiger partial charge in [0.25, 0.3) is 0 Å². The molecule has 4 heteroatoms. The predicted octanol–water partition coefficient (Wildman–Crippen LogP) is 1.24. The summed E-state index contributed by atoms with van der Waals surface area (Å²) < 4.78 is 0. The van der Waals surface area contributed by atoms with Crippen molar-refractivity contribution in [3.8, 4) is 0 Å². The van der Waals surface area contributed by atoms with Gasteiger partial charge in [0.1, 0.15) is 12.1 Å². The van der Waals surface area contributed by atoms with Gasteiger partial charge in [0.05, 0.1) is 0 Å². The molecule has 0 bridgehead atoms. The highest BCUT2D eigenvalue weighted by atomic mass is 16.2. The van der Waals surface area contributed by atoms with Gasteiger partial charge in [-0.05, 0) is 24.8 Å². The first-order valence-corrected chi connectivity index (χ1v) is 6.43. The van der Waals surface area contributed by atoms with Crippen molar-refractivity contribution in [3.05, 3.63) is 35.9 Å². The molecule has 2 atom stereocenters. The van der Waals surface area contributed by atoms with Crippen LogP contribution in [0.5, 0.6) is 0 Å². The number of amides is 2. The third kappa shape index (κ3) is 1.78. The maximum atomic E-state index is 12.4. The van der Waals surface area contributed by atoms with Gasteiger partial charge >= 0.3 is 0 Å². The molecule has 4 nitrogen and oxygen atoms in total. The molecule has 94 valence electrons. The summed E-state index contributed by atoms with van der Waals surface area (Å²) in [4.78, 5) is 26.2. The van der Waals surface area contributed by atoms with Crippen LogP contribution in [0.4, 0.5) is 0 Å². The number of nitrogens with zero attached hydrogens (tertiary/aromatic N) is 1. The number of rotatable bonds is 1. The van der Waals surface area contributed by atoms with Crippen molar-refractivity contribution < 1.29 is 9.59 Å². The molecule has 3 rings (SSSR count). The number of piperidine rings is 1. The number of nitrogens with one attached hydrogen (secondary N) is 1. The molecule has 0 aromatic heterocycles. The summed E-state index contributed by atoms with van der Waals surface area (Å²) in [5, 5.41) is 2.85. The number of hydrogen-bond donors (Lipinski definition) is 1. The molecule has 1 N–H and O–H groups in total. The molecule has 0 spiro atoms. The molecule has 0 saturated carbocycles. The first-order chi connectivity index (χ1) is 8.77. The summed E-state index contributed by atoms with van der Waals surface area (Å²) >= 11 is 0. The fourth-order valence-electron chi connectivity index (χ4n) is 2.81. The van der Waals surface area contributed by atoms with Crippen molar-refractivity contribution >= 4 is 11.8 Å². The van der Waals surface area contributed by atoms with Gasteiger partial charge < -0.3 is 10.2 Å². The number of piperazine rings is 1. The molecule has 2 aliphatic rings. The Bertz CT molecular complexity index is 472. The van der Waals surface area contributed by atoms with Crippen LogP contribution in [0.3, 0.4) is 0 Å². The lowest BCUT2D eigenvalue weighted by Gasteiger charge is -2.41. The van der Waals surface area contributed by atoms with Crippen LogP contribution in [0.25, 0.3) is 0 Å². The van der Waals surface area contributed by atoms with Crippen molar-refractivity contribution in [2.24, 2.45) is 0 Å². The van der Waals surface area contributed by atoms with Crippen molar-refractivity contribution in [2.45, 2.75) is 31.3 Å². The topological polar surface area (TPSA) is 49.4 Å². The second-order valence-corrected chi connectivity index (χ2v) is 4.90. The zero-order valence-corrected chi connectivity index (χ0v) is 10.1. The first-order valence-electron chi connectivity index (χ1n) is 6.43. The van der Waals surface area contributed by atoms with Crippen LogP contribution < -0.4 is 5.32 Å². The lowest BCUT2D eigenvalue weighted by molar-refractivity contribution is -0.151. The Morgan fingerprint density at radius 1 is 1.11 bits per heavy atom. The molecule has 18 heavy (non-hydrogen) atoms. The maximum absolute atomic E-state index is 12.4. The van der Waals surface area contributed by atoms with E-state index in [9.17, 15) is 9.59 Å². The predicted molar refractivity (Wildman–Crippen MR) is 66.7 cm³/mol. The maximum Gasteiger partial charge on any atom is 0.250 e.